The highest BCUT2D eigenvalue weighted by Gasteiger charge is 2.42. The molecule has 3 rings (SSSR count). The first kappa shape index (κ1) is 22.4. The number of rotatable bonds is 7. The fourth-order valence-electron chi connectivity index (χ4n) is 3.98. The number of carbonyl (C=O) groups is 5. The molecule has 0 spiro atoms. The Hall–Kier alpha value is -3.27. The van der Waals surface area contributed by atoms with E-state index in [1.807, 2.05) is 0 Å². The molecule has 0 aliphatic carbocycles. The molecule has 10 heteroatoms. The van der Waals surface area contributed by atoms with E-state index < -0.39 is 36.4 Å². The number of nitrogens with zero attached hydrogens (tertiary/aromatic N) is 2. The van der Waals surface area contributed by atoms with E-state index >= 15 is 0 Å². The zero-order valence-electron chi connectivity index (χ0n) is 17.0. The van der Waals surface area contributed by atoms with E-state index in [-0.39, 0.29) is 11.8 Å². The number of carboxylic acid groups (broad SMARTS) is 1. The third-order valence-electron chi connectivity index (χ3n) is 5.46. The number of carbonyl (C=O) groups excluding carboxylic acids is 4. The van der Waals surface area contributed by atoms with Crippen molar-refractivity contribution in [3.05, 3.63) is 35.9 Å². The Labute approximate surface area is 179 Å². The van der Waals surface area contributed by atoms with Crippen LogP contribution in [0.15, 0.2) is 30.3 Å². The van der Waals surface area contributed by atoms with Crippen molar-refractivity contribution in [2.45, 2.75) is 50.2 Å². The molecule has 1 aromatic rings. The summed E-state index contributed by atoms with van der Waals surface area (Å²) in [6.45, 7) is 1.15. The largest absolute Gasteiger partial charge is 0.481 e. The molecule has 3 amide bonds. The molecule has 0 radical (unpaired) electrons. The maximum absolute atomic E-state index is 13.3. The molecule has 2 fully saturated rings. The number of hydrogen-bond donors (Lipinski definition) is 3. The lowest BCUT2D eigenvalue weighted by Gasteiger charge is -2.43. The van der Waals surface area contributed by atoms with Crippen LogP contribution in [0.5, 0.6) is 0 Å². The normalized spacial score (nSPS) is 22.6. The number of nitrogens with one attached hydrogen (secondary N) is 2. The van der Waals surface area contributed by atoms with E-state index in [1.165, 1.54) is 5.01 Å². The number of fused-ring (bicyclic) bond motifs is 1. The zero-order chi connectivity index (χ0) is 22.4. The molecular weight excluding hydrogens is 404 g/mol. The van der Waals surface area contributed by atoms with Crippen molar-refractivity contribution in [2.24, 2.45) is 0 Å². The molecule has 2 aliphatic heterocycles. The van der Waals surface area contributed by atoms with E-state index in [0.717, 1.165) is 0 Å². The van der Waals surface area contributed by atoms with Gasteiger partial charge in [-0.1, -0.05) is 18.2 Å². The van der Waals surface area contributed by atoms with Crippen LogP contribution < -0.4 is 10.6 Å². The highest BCUT2D eigenvalue weighted by Crippen LogP contribution is 2.24. The lowest BCUT2D eigenvalue weighted by molar-refractivity contribution is -0.167. The average molecular weight is 430 g/mol. The Balaban J connectivity index is 1.75. The second-order valence-electron chi connectivity index (χ2n) is 7.68. The summed E-state index contributed by atoms with van der Waals surface area (Å²) in [5, 5.41) is 17.3. The quantitative estimate of drug-likeness (QED) is 0.516. The first-order valence-electron chi connectivity index (χ1n) is 10.3. The predicted octanol–water partition coefficient (Wildman–Crippen LogP) is -0.0548. The maximum Gasteiger partial charge on any atom is 0.305 e. The predicted molar refractivity (Wildman–Crippen MR) is 109 cm³/mol. The Morgan fingerprint density at radius 1 is 1.13 bits per heavy atom. The monoisotopic (exact) mass is 430 g/mol. The van der Waals surface area contributed by atoms with Gasteiger partial charge < -0.3 is 20.5 Å². The van der Waals surface area contributed by atoms with Crippen LogP contribution in [0, 0.1) is 0 Å². The van der Waals surface area contributed by atoms with E-state index in [1.54, 1.807) is 35.3 Å². The Kier molecular flexibility index (Phi) is 7.35. The third kappa shape index (κ3) is 5.46. The molecule has 166 valence electrons. The van der Waals surface area contributed by atoms with E-state index in [4.69, 9.17) is 5.11 Å². The van der Waals surface area contributed by atoms with Crippen molar-refractivity contribution in [3.8, 4) is 0 Å². The Morgan fingerprint density at radius 2 is 1.81 bits per heavy atom. The van der Waals surface area contributed by atoms with Crippen LogP contribution in [0.4, 0.5) is 0 Å². The van der Waals surface area contributed by atoms with Crippen LogP contribution in [0.1, 0.15) is 42.5 Å². The number of benzene rings is 1. The summed E-state index contributed by atoms with van der Waals surface area (Å²) in [5.74, 6) is -2.54. The lowest BCUT2D eigenvalue weighted by atomic mass is 10.0. The molecule has 2 aliphatic rings. The van der Waals surface area contributed by atoms with Gasteiger partial charge in [-0.15, -0.1) is 0 Å². The molecule has 10 nitrogen and oxygen atoms in total. The van der Waals surface area contributed by atoms with Gasteiger partial charge in [0.2, 0.25) is 5.91 Å². The minimum absolute atomic E-state index is 0.368. The summed E-state index contributed by atoms with van der Waals surface area (Å²) >= 11 is 0. The topological polar surface area (TPSA) is 136 Å². The highest BCUT2D eigenvalue weighted by molar-refractivity contribution is 5.98. The van der Waals surface area contributed by atoms with Crippen LogP contribution in [0.2, 0.25) is 0 Å². The van der Waals surface area contributed by atoms with E-state index in [9.17, 15) is 24.0 Å². The van der Waals surface area contributed by atoms with Crippen LogP contribution in [0.3, 0.4) is 0 Å². The van der Waals surface area contributed by atoms with Gasteiger partial charge >= 0.3 is 5.97 Å². The Morgan fingerprint density at radius 3 is 2.45 bits per heavy atom. The van der Waals surface area contributed by atoms with Crippen molar-refractivity contribution < 1.29 is 29.1 Å². The van der Waals surface area contributed by atoms with Gasteiger partial charge in [-0.05, 0) is 37.8 Å². The summed E-state index contributed by atoms with van der Waals surface area (Å²) in [7, 11) is 0. The zero-order valence-corrected chi connectivity index (χ0v) is 17.0. The highest BCUT2D eigenvalue weighted by atomic mass is 16.4. The number of amides is 3. The van der Waals surface area contributed by atoms with Gasteiger partial charge in [-0.3, -0.25) is 24.2 Å². The summed E-state index contributed by atoms with van der Waals surface area (Å²) < 4.78 is 0. The van der Waals surface area contributed by atoms with Crippen molar-refractivity contribution in [1.82, 2.24) is 20.7 Å². The smallest absolute Gasteiger partial charge is 0.305 e. The number of hydrogen-bond acceptors (Lipinski definition) is 6. The fourth-order valence-corrected chi connectivity index (χ4v) is 3.98. The van der Waals surface area contributed by atoms with Gasteiger partial charge in [0.05, 0.1) is 12.5 Å². The van der Waals surface area contributed by atoms with Gasteiger partial charge in [-0.2, -0.15) is 0 Å². The van der Waals surface area contributed by atoms with Crippen molar-refractivity contribution in [3.63, 3.8) is 0 Å². The molecule has 1 unspecified atom stereocenters. The number of aldehydes is 1. The maximum atomic E-state index is 13.3. The fraction of sp³-hybridized carbons (Fsp3) is 0.476. The van der Waals surface area contributed by atoms with Crippen molar-refractivity contribution in [2.75, 3.05) is 13.1 Å². The molecule has 3 N–H and O–H groups in total. The first-order chi connectivity index (χ1) is 14.9. The molecule has 0 bridgehead atoms. The number of carboxylic acids is 1. The second-order valence-corrected chi connectivity index (χ2v) is 7.68. The van der Waals surface area contributed by atoms with Crippen LogP contribution in [0.25, 0.3) is 0 Å². The van der Waals surface area contributed by atoms with Gasteiger partial charge in [0.1, 0.15) is 18.4 Å². The summed E-state index contributed by atoms with van der Waals surface area (Å²) in [6.07, 6.45) is 2.00. The molecule has 1 aromatic carbocycles. The SMILES string of the molecule is O=CC(CC(=O)O)NC(=O)[C@@H]1CCCN2CCC[C@@H](NC(=O)c3ccccc3)C(=O)N12. The summed E-state index contributed by atoms with van der Waals surface area (Å²) in [4.78, 5) is 60.8. The van der Waals surface area contributed by atoms with Crippen LogP contribution >= 0.6 is 0 Å². The second kappa shape index (κ2) is 10.2. The van der Waals surface area contributed by atoms with E-state index in [2.05, 4.69) is 10.6 Å². The molecule has 31 heavy (non-hydrogen) atoms. The molecule has 2 heterocycles. The number of aliphatic carboxylic acids is 1. The molecule has 3 atom stereocenters. The number of hydrazine groups is 1. The minimum Gasteiger partial charge on any atom is -0.481 e. The minimum atomic E-state index is -1.21. The van der Waals surface area contributed by atoms with Gasteiger partial charge in [0, 0.05) is 18.7 Å². The summed E-state index contributed by atoms with van der Waals surface area (Å²) in [6, 6.07) is 5.74. The van der Waals surface area contributed by atoms with Gasteiger partial charge in [-0.25, -0.2) is 5.01 Å². The van der Waals surface area contributed by atoms with Gasteiger partial charge in [0.15, 0.2) is 0 Å². The van der Waals surface area contributed by atoms with Crippen LogP contribution in [-0.2, 0) is 19.2 Å². The standard InChI is InChI=1S/C21H26N4O6/c26-13-15(12-18(27)28)22-20(30)17-9-5-11-24-10-4-8-16(21(31)25(17)24)23-19(29)14-6-2-1-3-7-14/h1-3,6-7,13,15-17H,4-5,8-12H2,(H,22,30)(H,23,29)(H,27,28)/t15?,16-,17+/m1/s1. The molecular formula is C21H26N4O6. The van der Waals surface area contributed by atoms with E-state index in [0.29, 0.717) is 50.6 Å². The van der Waals surface area contributed by atoms with Crippen LogP contribution in [-0.4, -0.2) is 76.3 Å². The van der Waals surface area contributed by atoms with Crippen molar-refractivity contribution >= 4 is 30.0 Å². The molecule has 2 saturated heterocycles. The average Bonchev–Trinajstić information content (AvgIpc) is 2.92. The molecule has 0 aromatic heterocycles. The lowest BCUT2D eigenvalue weighted by Crippen LogP contribution is -2.63. The van der Waals surface area contributed by atoms with Gasteiger partial charge in [0.25, 0.3) is 11.8 Å². The summed E-state index contributed by atoms with van der Waals surface area (Å²) in [5.41, 5.74) is 0.437. The first-order valence-corrected chi connectivity index (χ1v) is 10.3. The Bertz CT molecular complexity index is 846. The molecule has 0 saturated carbocycles. The third-order valence-corrected chi connectivity index (χ3v) is 5.46. The van der Waals surface area contributed by atoms with Crippen molar-refractivity contribution in [1.29, 1.82) is 0 Å².